The molecule has 0 aromatic heterocycles. The van der Waals surface area contributed by atoms with Crippen LogP contribution in [0.1, 0.15) is 20.8 Å². The van der Waals surface area contributed by atoms with Crippen LogP contribution in [0.4, 0.5) is 13.2 Å². The van der Waals surface area contributed by atoms with Crippen LogP contribution in [-0.2, 0) is 4.79 Å². The van der Waals surface area contributed by atoms with Gasteiger partial charge in [-0.1, -0.05) is 13.8 Å². The molecule has 0 aromatic carbocycles. The normalized spacial score (nSPS) is 21.2. The van der Waals surface area contributed by atoms with E-state index in [1.165, 1.54) is 0 Å². The van der Waals surface area contributed by atoms with Gasteiger partial charge in [0.1, 0.15) is 6.54 Å². The van der Waals surface area contributed by atoms with Gasteiger partial charge in [0.05, 0.1) is 6.54 Å². The Morgan fingerprint density at radius 3 is 2.60 bits per heavy atom. The highest BCUT2D eigenvalue weighted by Crippen LogP contribution is 2.18. The zero-order valence-electron chi connectivity index (χ0n) is 12.3. The average Bonchev–Trinajstić information content (AvgIpc) is 2.28. The second-order valence-electron chi connectivity index (χ2n) is 5.81. The van der Waals surface area contributed by atoms with E-state index in [-0.39, 0.29) is 25.0 Å². The molecule has 1 fully saturated rings. The summed E-state index contributed by atoms with van der Waals surface area (Å²) in [5.74, 6) is -0.425. The van der Waals surface area contributed by atoms with Crippen LogP contribution in [0.3, 0.4) is 0 Å². The van der Waals surface area contributed by atoms with Crippen LogP contribution in [0.2, 0.25) is 0 Å². The molecule has 1 N–H and O–H groups in total. The number of piperazine rings is 1. The summed E-state index contributed by atoms with van der Waals surface area (Å²) in [4.78, 5) is 15.0. The summed E-state index contributed by atoms with van der Waals surface area (Å²) in [5, 5.41) is 3.19. The van der Waals surface area contributed by atoms with Gasteiger partial charge in [-0.3, -0.25) is 9.69 Å². The van der Waals surface area contributed by atoms with Crippen LogP contribution in [-0.4, -0.2) is 67.2 Å². The molecule has 1 atom stereocenters. The molecule has 1 saturated heterocycles. The molecule has 0 radical (unpaired) electrons. The molecule has 1 aliphatic rings. The topological polar surface area (TPSA) is 35.6 Å². The fourth-order valence-electron chi connectivity index (χ4n) is 2.30. The minimum atomic E-state index is -4.35. The van der Waals surface area contributed by atoms with E-state index < -0.39 is 18.6 Å². The van der Waals surface area contributed by atoms with Gasteiger partial charge >= 0.3 is 6.18 Å². The van der Waals surface area contributed by atoms with E-state index in [0.717, 1.165) is 18.0 Å². The molecule has 118 valence electrons. The molecule has 0 spiro atoms. The van der Waals surface area contributed by atoms with E-state index >= 15 is 0 Å². The number of carbonyl (C=O) groups excluding carboxylic acids is 1. The molecule has 1 amide bonds. The van der Waals surface area contributed by atoms with Crippen molar-refractivity contribution in [2.75, 3.05) is 39.3 Å². The molecule has 1 heterocycles. The number of nitrogens with zero attached hydrogens (tertiary/aromatic N) is 2. The lowest BCUT2D eigenvalue weighted by Gasteiger charge is -2.35. The Morgan fingerprint density at radius 1 is 1.45 bits per heavy atom. The van der Waals surface area contributed by atoms with Crippen molar-refractivity contribution in [1.82, 2.24) is 15.1 Å². The average molecular weight is 295 g/mol. The maximum absolute atomic E-state index is 12.6. The third-order valence-corrected chi connectivity index (χ3v) is 3.29. The number of carbonyl (C=O) groups is 1. The van der Waals surface area contributed by atoms with Crippen molar-refractivity contribution >= 4 is 5.91 Å². The zero-order valence-corrected chi connectivity index (χ0v) is 12.3. The third kappa shape index (κ3) is 6.09. The van der Waals surface area contributed by atoms with Gasteiger partial charge in [-0.25, -0.2) is 0 Å². The van der Waals surface area contributed by atoms with Gasteiger partial charge in [-0.15, -0.1) is 0 Å². The van der Waals surface area contributed by atoms with Gasteiger partial charge in [0.15, 0.2) is 0 Å². The highest BCUT2D eigenvalue weighted by molar-refractivity contribution is 5.78. The third-order valence-electron chi connectivity index (χ3n) is 3.29. The Hall–Kier alpha value is -0.820. The van der Waals surface area contributed by atoms with Gasteiger partial charge in [0, 0.05) is 32.2 Å². The second kappa shape index (κ2) is 7.26. The summed E-state index contributed by atoms with van der Waals surface area (Å²) in [7, 11) is 0. The molecule has 0 saturated carbocycles. The number of hydrogen-bond donors (Lipinski definition) is 1. The lowest BCUT2D eigenvalue weighted by molar-refractivity contribution is -0.163. The number of rotatable bonds is 5. The van der Waals surface area contributed by atoms with E-state index in [9.17, 15) is 18.0 Å². The van der Waals surface area contributed by atoms with Crippen molar-refractivity contribution in [2.24, 2.45) is 5.92 Å². The van der Waals surface area contributed by atoms with Crippen molar-refractivity contribution in [3.05, 3.63) is 0 Å². The van der Waals surface area contributed by atoms with Crippen LogP contribution in [0.5, 0.6) is 0 Å². The maximum Gasteiger partial charge on any atom is 0.406 e. The van der Waals surface area contributed by atoms with Gasteiger partial charge in [-0.2, -0.15) is 13.2 Å². The number of halogens is 3. The van der Waals surface area contributed by atoms with Crippen molar-refractivity contribution in [1.29, 1.82) is 0 Å². The monoisotopic (exact) mass is 295 g/mol. The Morgan fingerprint density at radius 2 is 2.10 bits per heavy atom. The fraction of sp³-hybridized carbons (Fsp3) is 0.923. The number of hydrogen-bond acceptors (Lipinski definition) is 3. The van der Waals surface area contributed by atoms with Crippen molar-refractivity contribution < 1.29 is 18.0 Å². The highest BCUT2D eigenvalue weighted by atomic mass is 19.4. The Labute approximate surface area is 118 Å². The number of amides is 1. The molecule has 0 aliphatic carbocycles. The number of nitrogens with one attached hydrogen (secondary N) is 1. The largest absolute Gasteiger partial charge is 0.406 e. The van der Waals surface area contributed by atoms with Crippen LogP contribution in [0.15, 0.2) is 0 Å². The lowest BCUT2D eigenvalue weighted by Crippen LogP contribution is -2.54. The molecule has 1 aliphatic heterocycles. The summed E-state index contributed by atoms with van der Waals surface area (Å²) in [5.41, 5.74) is 0. The Balaban J connectivity index is 2.62. The molecule has 7 heteroatoms. The van der Waals surface area contributed by atoms with E-state index in [1.807, 2.05) is 25.7 Å². The van der Waals surface area contributed by atoms with Crippen molar-refractivity contribution in [2.45, 2.75) is 33.0 Å². The summed E-state index contributed by atoms with van der Waals surface area (Å²) >= 11 is 0. The summed E-state index contributed by atoms with van der Waals surface area (Å²) < 4.78 is 37.7. The molecule has 1 rings (SSSR count). The highest BCUT2D eigenvalue weighted by Gasteiger charge is 2.34. The van der Waals surface area contributed by atoms with E-state index in [4.69, 9.17) is 0 Å². The van der Waals surface area contributed by atoms with E-state index in [2.05, 4.69) is 5.32 Å². The standard InChI is InChI=1S/C13H24F3N3O/c1-10(2)7-19(9-13(14,15)16)12(20)8-18-5-4-17-6-11(18)3/h10-11,17H,4-9H2,1-3H3/t11-/m1/s1. The lowest BCUT2D eigenvalue weighted by atomic mass is 10.2. The Bertz CT molecular complexity index is 320. The molecule has 0 aromatic rings. The van der Waals surface area contributed by atoms with Crippen LogP contribution < -0.4 is 5.32 Å². The van der Waals surface area contributed by atoms with E-state index in [1.54, 1.807) is 0 Å². The van der Waals surface area contributed by atoms with Crippen LogP contribution in [0, 0.1) is 5.92 Å². The van der Waals surface area contributed by atoms with Gasteiger partial charge in [0.2, 0.25) is 5.91 Å². The first kappa shape index (κ1) is 17.2. The van der Waals surface area contributed by atoms with Crippen LogP contribution >= 0.6 is 0 Å². The quantitative estimate of drug-likeness (QED) is 0.831. The first-order chi connectivity index (χ1) is 9.19. The Kier molecular flexibility index (Phi) is 6.26. The second-order valence-corrected chi connectivity index (χ2v) is 5.81. The fourth-order valence-corrected chi connectivity index (χ4v) is 2.30. The first-order valence-corrected chi connectivity index (χ1v) is 6.98. The van der Waals surface area contributed by atoms with Gasteiger partial charge in [-0.05, 0) is 12.8 Å². The van der Waals surface area contributed by atoms with E-state index in [0.29, 0.717) is 6.54 Å². The van der Waals surface area contributed by atoms with Crippen molar-refractivity contribution in [3.8, 4) is 0 Å². The molecular weight excluding hydrogens is 271 g/mol. The number of alkyl halides is 3. The predicted octanol–water partition coefficient (Wildman–Crippen LogP) is 1.33. The smallest absolute Gasteiger partial charge is 0.332 e. The SMILES string of the molecule is CC(C)CN(CC(F)(F)F)C(=O)CN1CCNC[C@H]1C. The molecule has 0 bridgehead atoms. The first-order valence-electron chi connectivity index (χ1n) is 6.98. The molecular formula is C13H24F3N3O. The predicted molar refractivity (Wildman–Crippen MR) is 71.4 cm³/mol. The van der Waals surface area contributed by atoms with Gasteiger partial charge < -0.3 is 10.2 Å². The molecule has 4 nitrogen and oxygen atoms in total. The summed E-state index contributed by atoms with van der Waals surface area (Å²) in [6.07, 6.45) is -4.35. The maximum atomic E-state index is 12.6. The summed E-state index contributed by atoms with van der Waals surface area (Å²) in [6, 6.07) is 0.166. The molecule has 20 heavy (non-hydrogen) atoms. The zero-order chi connectivity index (χ0) is 15.3. The molecule has 0 unspecified atom stereocenters. The summed E-state index contributed by atoms with van der Waals surface area (Å²) in [6.45, 7) is 6.84. The minimum absolute atomic E-state index is 0.0155. The minimum Gasteiger partial charge on any atom is -0.332 e. The van der Waals surface area contributed by atoms with Crippen LogP contribution in [0.25, 0.3) is 0 Å². The van der Waals surface area contributed by atoms with Crippen molar-refractivity contribution in [3.63, 3.8) is 0 Å². The van der Waals surface area contributed by atoms with Gasteiger partial charge in [0.25, 0.3) is 0 Å².